The Hall–Kier alpha value is -4.35. The molecule has 5 rings (SSSR count). The largest absolute Gasteiger partial charge is 0.479 e. The Morgan fingerprint density at radius 1 is 0.947 bits per heavy atom. The monoisotopic (exact) mass is 518 g/mol. The van der Waals surface area contributed by atoms with Crippen LogP contribution in [0.4, 0.5) is 0 Å². The smallest absolute Gasteiger partial charge is 0.310 e. The van der Waals surface area contributed by atoms with E-state index in [-0.39, 0.29) is 25.3 Å². The van der Waals surface area contributed by atoms with E-state index in [1.807, 2.05) is 48.5 Å². The number of aromatic nitrogens is 4. The summed E-state index contributed by atoms with van der Waals surface area (Å²) in [6.07, 6.45) is -1.55. The molecule has 11 nitrogen and oxygen atoms in total. The van der Waals surface area contributed by atoms with E-state index in [0.29, 0.717) is 11.2 Å². The lowest BCUT2D eigenvalue weighted by molar-refractivity contribution is -0.159. The Morgan fingerprint density at radius 3 is 2.26 bits per heavy atom. The number of aliphatic hydroxyl groups excluding tert-OH is 1. The number of benzene rings is 2. The first-order chi connectivity index (χ1) is 18.5. The predicted molar refractivity (Wildman–Crippen MR) is 133 cm³/mol. The van der Waals surface area contributed by atoms with E-state index >= 15 is 0 Å². The van der Waals surface area contributed by atoms with Crippen molar-refractivity contribution in [2.45, 2.75) is 37.4 Å². The van der Waals surface area contributed by atoms with Gasteiger partial charge in [-0.25, -0.2) is 9.97 Å². The molecule has 0 amide bonds. The third kappa shape index (κ3) is 5.48. The third-order valence-corrected chi connectivity index (χ3v) is 6.16. The molecule has 0 aliphatic carbocycles. The molecule has 0 radical (unpaired) electrons. The standard InChI is InChI=1S/C27H26N4O7/c1-35-26-22-25(28-15-29-26)31(16-30-22)27-23(34)24(38-21(33)13-18-10-6-3-7-11-18)19(37-27)14-36-20(32)12-17-8-4-2-5-9-17/h2-11,15-16,19,23-24,27,34H,12-14H2,1H3/t19-,23+,24-,27-/m1/s1. The summed E-state index contributed by atoms with van der Waals surface area (Å²) in [6, 6.07) is 18.3. The van der Waals surface area contributed by atoms with Crippen LogP contribution in [-0.2, 0) is 36.6 Å². The Balaban J connectivity index is 1.34. The lowest BCUT2D eigenvalue weighted by Crippen LogP contribution is -2.39. The second kappa shape index (κ2) is 11.4. The molecule has 3 heterocycles. The van der Waals surface area contributed by atoms with E-state index in [0.717, 1.165) is 11.1 Å². The fourth-order valence-electron chi connectivity index (χ4n) is 4.34. The number of esters is 2. The summed E-state index contributed by atoms with van der Waals surface area (Å²) in [6.45, 7) is -0.229. The molecule has 1 aliphatic heterocycles. The van der Waals surface area contributed by atoms with E-state index in [9.17, 15) is 14.7 Å². The van der Waals surface area contributed by atoms with Crippen LogP contribution in [0.5, 0.6) is 5.88 Å². The fraction of sp³-hybridized carbons (Fsp3) is 0.296. The zero-order chi connectivity index (χ0) is 26.5. The number of carbonyl (C=O) groups excluding carboxylic acids is 2. The maximum atomic E-state index is 12.8. The normalized spacial score (nSPS) is 20.8. The SMILES string of the molecule is COc1ncnc2c1ncn2[C@@H]1O[C@H](COC(=O)Cc2ccccc2)[C@@H](OC(=O)Cc2ccccc2)[C@@H]1O. The number of fused-ring (bicyclic) bond motifs is 1. The molecule has 0 bridgehead atoms. The van der Waals surface area contributed by atoms with Crippen molar-refractivity contribution in [3.63, 3.8) is 0 Å². The molecule has 0 unspecified atom stereocenters. The number of methoxy groups -OCH3 is 1. The van der Waals surface area contributed by atoms with Crippen LogP contribution in [0.2, 0.25) is 0 Å². The molecule has 38 heavy (non-hydrogen) atoms. The molecule has 1 aliphatic rings. The second-order valence-electron chi connectivity index (χ2n) is 8.72. The zero-order valence-corrected chi connectivity index (χ0v) is 20.5. The summed E-state index contributed by atoms with van der Waals surface area (Å²) < 4.78 is 24.0. The highest BCUT2D eigenvalue weighted by Gasteiger charge is 2.48. The minimum atomic E-state index is -1.30. The maximum Gasteiger partial charge on any atom is 0.310 e. The van der Waals surface area contributed by atoms with Crippen molar-refractivity contribution in [2.24, 2.45) is 0 Å². The van der Waals surface area contributed by atoms with Crippen molar-refractivity contribution in [3.8, 4) is 5.88 Å². The first-order valence-corrected chi connectivity index (χ1v) is 12.0. The lowest BCUT2D eigenvalue weighted by atomic mass is 10.1. The maximum absolute atomic E-state index is 12.8. The summed E-state index contributed by atoms with van der Waals surface area (Å²) in [5.74, 6) is -0.763. The van der Waals surface area contributed by atoms with Crippen LogP contribution in [-0.4, -0.2) is 68.6 Å². The molecule has 1 N–H and O–H groups in total. The summed E-state index contributed by atoms with van der Waals surface area (Å²) in [7, 11) is 1.46. The van der Waals surface area contributed by atoms with Gasteiger partial charge in [-0.1, -0.05) is 60.7 Å². The van der Waals surface area contributed by atoms with E-state index in [2.05, 4.69) is 15.0 Å². The number of rotatable bonds is 9. The van der Waals surface area contributed by atoms with E-state index < -0.39 is 36.5 Å². The second-order valence-corrected chi connectivity index (χ2v) is 8.72. The Labute approximate surface area is 218 Å². The van der Waals surface area contributed by atoms with Crippen LogP contribution in [0, 0.1) is 0 Å². The number of nitrogens with zero attached hydrogens (tertiary/aromatic N) is 4. The van der Waals surface area contributed by atoms with Gasteiger partial charge in [0.25, 0.3) is 0 Å². The summed E-state index contributed by atoms with van der Waals surface area (Å²) in [5, 5.41) is 11.2. The molecule has 1 saturated heterocycles. The number of carbonyl (C=O) groups is 2. The van der Waals surface area contributed by atoms with Crippen LogP contribution in [0.3, 0.4) is 0 Å². The third-order valence-electron chi connectivity index (χ3n) is 6.16. The predicted octanol–water partition coefficient (Wildman–Crippen LogP) is 2.03. The lowest BCUT2D eigenvalue weighted by Gasteiger charge is -2.21. The molecule has 1 fully saturated rings. The quantitative estimate of drug-likeness (QED) is 0.328. The van der Waals surface area contributed by atoms with Gasteiger partial charge >= 0.3 is 11.9 Å². The highest BCUT2D eigenvalue weighted by atomic mass is 16.6. The van der Waals surface area contributed by atoms with Crippen LogP contribution >= 0.6 is 0 Å². The zero-order valence-electron chi connectivity index (χ0n) is 20.5. The van der Waals surface area contributed by atoms with E-state index in [1.165, 1.54) is 24.3 Å². The first kappa shape index (κ1) is 25.3. The van der Waals surface area contributed by atoms with Crippen molar-refractivity contribution in [3.05, 3.63) is 84.4 Å². The molecule has 0 spiro atoms. The van der Waals surface area contributed by atoms with Gasteiger partial charge in [-0.3, -0.25) is 14.2 Å². The molecular weight excluding hydrogens is 492 g/mol. The molecule has 0 saturated carbocycles. The Bertz CT molecular complexity index is 1400. The average Bonchev–Trinajstić information content (AvgIpc) is 3.49. The molecule has 196 valence electrons. The summed E-state index contributed by atoms with van der Waals surface area (Å²) in [5.41, 5.74) is 2.29. The summed E-state index contributed by atoms with van der Waals surface area (Å²) >= 11 is 0. The molecule has 4 atom stereocenters. The molecular formula is C27H26N4O7. The first-order valence-electron chi connectivity index (χ1n) is 12.0. The van der Waals surface area contributed by atoms with Gasteiger partial charge in [0.2, 0.25) is 5.88 Å². The van der Waals surface area contributed by atoms with Gasteiger partial charge in [0.15, 0.2) is 23.5 Å². The highest BCUT2D eigenvalue weighted by molar-refractivity contribution is 5.76. The van der Waals surface area contributed by atoms with Crippen LogP contribution in [0.1, 0.15) is 17.4 Å². The number of hydrogen-bond donors (Lipinski definition) is 1. The van der Waals surface area contributed by atoms with Crippen molar-refractivity contribution in [1.82, 2.24) is 19.5 Å². The van der Waals surface area contributed by atoms with Gasteiger partial charge in [-0.15, -0.1) is 0 Å². The van der Waals surface area contributed by atoms with Crippen LogP contribution < -0.4 is 4.74 Å². The van der Waals surface area contributed by atoms with E-state index in [4.69, 9.17) is 18.9 Å². The van der Waals surface area contributed by atoms with Crippen molar-refractivity contribution >= 4 is 23.1 Å². The van der Waals surface area contributed by atoms with Gasteiger partial charge in [-0.2, -0.15) is 4.98 Å². The minimum Gasteiger partial charge on any atom is -0.479 e. The Kier molecular flexibility index (Phi) is 7.57. The van der Waals surface area contributed by atoms with Crippen molar-refractivity contribution < 1.29 is 33.6 Å². The number of hydrogen-bond acceptors (Lipinski definition) is 10. The van der Waals surface area contributed by atoms with Crippen molar-refractivity contribution in [1.29, 1.82) is 0 Å². The minimum absolute atomic E-state index is 0.00761. The fourth-order valence-corrected chi connectivity index (χ4v) is 4.34. The molecule has 2 aromatic heterocycles. The Morgan fingerprint density at radius 2 is 1.61 bits per heavy atom. The molecule has 4 aromatic rings. The topological polar surface area (TPSA) is 135 Å². The van der Waals surface area contributed by atoms with Gasteiger partial charge in [-0.05, 0) is 11.1 Å². The van der Waals surface area contributed by atoms with Crippen LogP contribution in [0.25, 0.3) is 11.2 Å². The number of ether oxygens (including phenoxy) is 4. The number of imidazole rings is 1. The van der Waals surface area contributed by atoms with E-state index in [1.54, 1.807) is 12.1 Å². The van der Waals surface area contributed by atoms with Gasteiger partial charge < -0.3 is 24.1 Å². The van der Waals surface area contributed by atoms with Crippen molar-refractivity contribution in [2.75, 3.05) is 13.7 Å². The average molecular weight is 519 g/mol. The van der Waals surface area contributed by atoms with Crippen LogP contribution in [0.15, 0.2) is 73.3 Å². The van der Waals surface area contributed by atoms with Gasteiger partial charge in [0, 0.05) is 0 Å². The molecule has 11 heteroatoms. The highest BCUT2D eigenvalue weighted by Crippen LogP contribution is 2.34. The number of aliphatic hydroxyl groups is 1. The van der Waals surface area contributed by atoms with Gasteiger partial charge in [0.05, 0.1) is 26.3 Å². The van der Waals surface area contributed by atoms with Gasteiger partial charge in [0.1, 0.15) is 25.1 Å². The molecule has 2 aromatic carbocycles. The summed E-state index contributed by atoms with van der Waals surface area (Å²) in [4.78, 5) is 37.8.